The maximum absolute atomic E-state index is 12.3. The van der Waals surface area contributed by atoms with Gasteiger partial charge in [0.15, 0.2) is 5.43 Å². The second-order valence-electron chi connectivity index (χ2n) is 5.88. The first-order valence-corrected chi connectivity index (χ1v) is 8.24. The Labute approximate surface area is 134 Å². The molecule has 126 valence electrons. The lowest BCUT2D eigenvalue weighted by atomic mass is 10.0. The number of amides is 2. The molecule has 2 heterocycles. The number of fused-ring (bicyclic) bond motifs is 1. The number of hydrogen-bond donors (Lipinski definition) is 1. The van der Waals surface area contributed by atoms with E-state index in [1.165, 1.54) is 6.07 Å². The van der Waals surface area contributed by atoms with E-state index >= 15 is 0 Å². The zero-order chi connectivity index (χ0) is 16.8. The number of rotatable bonds is 8. The van der Waals surface area contributed by atoms with E-state index in [9.17, 15) is 18.8 Å². The Bertz CT molecular complexity index is 652. The third-order valence-corrected chi connectivity index (χ3v) is 4.12. The summed E-state index contributed by atoms with van der Waals surface area (Å²) in [5, 5.41) is 2.21. The Kier molecular flexibility index (Phi) is 6.07. The summed E-state index contributed by atoms with van der Waals surface area (Å²) in [5.41, 5.74) is 1.12. The first kappa shape index (κ1) is 17.4. The summed E-state index contributed by atoms with van der Waals surface area (Å²) in [4.78, 5) is 35.9. The summed E-state index contributed by atoms with van der Waals surface area (Å²) in [5.74, 6) is -0.975. The third kappa shape index (κ3) is 4.06. The van der Waals surface area contributed by atoms with Crippen LogP contribution in [0.25, 0.3) is 0 Å². The van der Waals surface area contributed by atoms with Crippen LogP contribution in [0.1, 0.15) is 60.8 Å². The van der Waals surface area contributed by atoms with Gasteiger partial charge in [0.05, 0.1) is 13.1 Å². The predicted octanol–water partition coefficient (Wildman–Crippen LogP) is 2.14. The van der Waals surface area contributed by atoms with Gasteiger partial charge in [-0.2, -0.15) is 0 Å². The minimum atomic E-state index is -0.601. The van der Waals surface area contributed by atoms with Gasteiger partial charge in [0.2, 0.25) is 5.91 Å². The van der Waals surface area contributed by atoms with Crippen molar-refractivity contribution >= 4 is 11.8 Å². The fourth-order valence-electron chi connectivity index (χ4n) is 2.94. The second-order valence-corrected chi connectivity index (χ2v) is 5.88. The highest BCUT2D eigenvalue weighted by atomic mass is 19.1. The van der Waals surface area contributed by atoms with Gasteiger partial charge in [-0.15, -0.1) is 0 Å². The van der Waals surface area contributed by atoms with Gasteiger partial charge < -0.3 is 4.57 Å². The minimum absolute atomic E-state index is 0.0539. The van der Waals surface area contributed by atoms with E-state index in [2.05, 4.69) is 12.2 Å². The predicted molar refractivity (Wildman–Crippen MR) is 85.3 cm³/mol. The van der Waals surface area contributed by atoms with Gasteiger partial charge >= 0.3 is 0 Å². The van der Waals surface area contributed by atoms with Crippen LogP contribution >= 0.6 is 0 Å². The summed E-state index contributed by atoms with van der Waals surface area (Å²) in [6.45, 7) is 2.41. The van der Waals surface area contributed by atoms with Crippen LogP contribution in [0.5, 0.6) is 0 Å². The van der Waals surface area contributed by atoms with Crippen molar-refractivity contribution in [3.63, 3.8) is 0 Å². The molecule has 0 aliphatic carbocycles. The summed E-state index contributed by atoms with van der Waals surface area (Å²) < 4.78 is 14.2. The molecule has 0 saturated heterocycles. The molecule has 0 unspecified atom stereocenters. The van der Waals surface area contributed by atoms with Crippen molar-refractivity contribution in [1.82, 2.24) is 9.88 Å². The molecule has 0 spiro atoms. The lowest BCUT2D eigenvalue weighted by Gasteiger charge is -2.23. The number of alkyl halides is 1. The van der Waals surface area contributed by atoms with Crippen molar-refractivity contribution in [3.8, 4) is 0 Å². The molecule has 23 heavy (non-hydrogen) atoms. The highest BCUT2D eigenvalue weighted by Gasteiger charge is 2.28. The maximum Gasteiger partial charge on any atom is 0.263 e. The van der Waals surface area contributed by atoms with Gasteiger partial charge in [0.1, 0.15) is 5.56 Å². The van der Waals surface area contributed by atoms with Gasteiger partial charge in [-0.1, -0.05) is 19.8 Å². The summed E-state index contributed by atoms with van der Waals surface area (Å²) in [7, 11) is 0. The standard InChI is InChI=1S/C17H23FN2O3/c1-2-3-9-20-12(7-5-4-6-8-18)10-14(21)16-13(20)11-15(22)19-17(16)23/h10H,2-9,11H2,1H3,(H,19,22,23). The average Bonchev–Trinajstić information content (AvgIpc) is 2.50. The first-order valence-electron chi connectivity index (χ1n) is 8.24. The summed E-state index contributed by atoms with van der Waals surface area (Å²) >= 11 is 0. The number of aryl methyl sites for hydroxylation is 1. The van der Waals surface area contributed by atoms with Gasteiger partial charge in [0.25, 0.3) is 5.91 Å². The Morgan fingerprint density at radius 2 is 1.96 bits per heavy atom. The molecule has 0 bridgehead atoms. The molecule has 1 aromatic heterocycles. The number of hydrogen-bond acceptors (Lipinski definition) is 3. The van der Waals surface area contributed by atoms with Crippen molar-refractivity contribution in [3.05, 3.63) is 33.2 Å². The highest BCUT2D eigenvalue weighted by Crippen LogP contribution is 2.17. The number of unbranched alkanes of at least 4 members (excludes halogenated alkanes) is 3. The molecule has 2 rings (SSSR count). The second kappa shape index (κ2) is 8.04. The number of carbonyl (C=O) groups is 2. The quantitative estimate of drug-likeness (QED) is 0.589. The normalized spacial score (nSPS) is 13.8. The zero-order valence-corrected chi connectivity index (χ0v) is 13.5. The smallest absolute Gasteiger partial charge is 0.263 e. The van der Waals surface area contributed by atoms with Crippen molar-refractivity contribution < 1.29 is 14.0 Å². The summed E-state index contributed by atoms with van der Waals surface area (Å²) in [6, 6.07) is 1.50. The van der Waals surface area contributed by atoms with E-state index in [0.717, 1.165) is 31.4 Å². The Morgan fingerprint density at radius 1 is 1.17 bits per heavy atom. The number of imide groups is 1. The van der Waals surface area contributed by atoms with Crippen molar-refractivity contribution in [1.29, 1.82) is 0 Å². The molecular formula is C17H23FN2O3. The van der Waals surface area contributed by atoms with E-state index in [1.807, 2.05) is 4.57 Å². The first-order chi connectivity index (χ1) is 11.1. The molecule has 0 radical (unpaired) electrons. The van der Waals surface area contributed by atoms with Crippen molar-refractivity contribution in [2.45, 2.75) is 58.4 Å². The van der Waals surface area contributed by atoms with Crippen LogP contribution in [0, 0.1) is 0 Å². The number of halogens is 1. The molecule has 0 aromatic carbocycles. The molecule has 5 nitrogen and oxygen atoms in total. The number of nitrogens with zero attached hydrogens (tertiary/aromatic N) is 1. The Morgan fingerprint density at radius 3 is 2.65 bits per heavy atom. The van der Waals surface area contributed by atoms with Crippen molar-refractivity contribution in [2.75, 3.05) is 6.67 Å². The Balaban J connectivity index is 2.39. The molecule has 1 aliphatic rings. The molecule has 2 amide bonds. The lowest BCUT2D eigenvalue weighted by molar-refractivity contribution is -0.119. The van der Waals surface area contributed by atoms with E-state index in [-0.39, 0.29) is 30.0 Å². The number of aromatic nitrogens is 1. The largest absolute Gasteiger partial charge is 0.347 e. The summed E-state index contributed by atoms with van der Waals surface area (Å²) in [6.07, 6.45) is 4.65. The minimum Gasteiger partial charge on any atom is -0.347 e. The van der Waals surface area contributed by atoms with Crippen LogP contribution in [0.4, 0.5) is 4.39 Å². The maximum atomic E-state index is 12.3. The molecule has 0 atom stereocenters. The van der Waals surface area contributed by atoms with Crippen LogP contribution in [0.15, 0.2) is 10.9 Å². The van der Waals surface area contributed by atoms with Gasteiger partial charge in [-0.25, -0.2) is 0 Å². The molecule has 6 heteroatoms. The van der Waals surface area contributed by atoms with Crippen LogP contribution in [-0.2, 0) is 24.2 Å². The van der Waals surface area contributed by atoms with Crippen molar-refractivity contribution in [2.24, 2.45) is 0 Å². The van der Waals surface area contributed by atoms with E-state index in [4.69, 9.17) is 0 Å². The lowest BCUT2D eigenvalue weighted by Crippen LogP contribution is -2.43. The van der Waals surface area contributed by atoms with Gasteiger partial charge in [-0.3, -0.25) is 24.1 Å². The number of pyridine rings is 1. The highest BCUT2D eigenvalue weighted by molar-refractivity contribution is 6.09. The van der Waals surface area contributed by atoms with Crippen LogP contribution < -0.4 is 10.7 Å². The average molecular weight is 322 g/mol. The van der Waals surface area contributed by atoms with E-state index in [0.29, 0.717) is 25.1 Å². The SMILES string of the molecule is CCCCn1c(CCCCCF)cc(=O)c2c1CC(=O)NC2=O. The van der Waals surface area contributed by atoms with Gasteiger partial charge in [-0.05, 0) is 25.7 Å². The molecular weight excluding hydrogens is 299 g/mol. The van der Waals surface area contributed by atoms with Crippen LogP contribution in [0.3, 0.4) is 0 Å². The van der Waals surface area contributed by atoms with E-state index < -0.39 is 5.91 Å². The molecule has 1 aliphatic heterocycles. The Hall–Kier alpha value is -1.98. The molecule has 0 fully saturated rings. The number of nitrogens with one attached hydrogen (secondary N) is 1. The zero-order valence-electron chi connectivity index (χ0n) is 13.5. The molecule has 1 N–H and O–H groups in total. The van der Waals surface area contributed by atoms with E-state index in [1.54, 1.807) is 0 Å². The third-order valence-electron chi connectivity index (χ3n) is 4.12. The van der Waals surface area contributed by atoms with Gasteiger partial charge in [0, 0.05) is 24.0 Å². The molecule has 0 saturated carbocycles. The fourth-order valence-corrected chi connectivity index (χ4v) is 2.94. The molecule has 1 aromatic rings. The monoisotopic (exact) mass is 322 g/mol. The van der Waals surface area contributed by atoms with Crippen LogP contribution in [-0.4, -0.2) is 23.1 Å². The van der Waals surface area contributed by atoms with Crippen LogP contribution in [0.2, 0.25) is 0 Å². The topological polar surface area (TPSA) is 68.2 Å². The number of carbonyl (C=O) groups excluding carboxylic acids is 2. The fraction of sp³-hybridized carbons (Fsp3) is 0.588.